The lowest BCUT2D eigenvalue weighted by atomic mass is 9.92. The number of fused-ring (bicyclic) bond motifs is 1. The van der Waals surface area contributed by atoms with Crippen molar-refractivity contribution in [3.05, 3.63) is 65.4 Å². The quantitative estimate of drug-likeness (QED) is 0.367. The van der Waals surface area contributed by atoms with Gasteiger partial charge in [0, 0.05) is 54.6 Å². The number of carbonyl (C=O) groups is 1. The van der Waals surface area contributed by atoms with E-state index >= 15 is 0 Å². The molecule has 12 nitrogen and oxygen atoms in total. The van der Waals surface area contributed by atoms with Crippen LogP contribution >= 0.6 is 0 Å². The Morgan fingerprint density at radius 1 is 1.17 bits per heavy atom. The highest BCUT2D eigenvalue weighted by molar-refractivity contribution is 6.49. The summed E-state index contributed by atoms with van der Waals surface area (Å²) in [5, 5.41) is 13.3. The fourth-order valence-electron chi connectivity index (χ4n) is 5.41. The number of piperazine rings is 1. The van der Waals surface area contributed by atoms with Crippen LogP contribution in [-0.4, -0.2) is 75.6 Å². The van der Waals surface area contributed by atoms with Gasteiger partial charge in [-0.05, 0) is 44.0 Å². The Hall–Kier alpha value is -4.45. The lowest BCUT2D eigenvalue weighted by Gasteiger charge is -2.44. The molecule has 2 aromatic rings. The fraction of sp³-hybridized carbons (Fsp3) is 0.433. The Bertz CT molecular complexity index is 1490. The van der Waals surface area contributed by atoms with E-state index in [4.69, 9.17) is 16.5 Å². The van der Waals surface area contributed by atoms with Crippen molar-refractivity contribution in [1.82, 2.24) is 20.0 Å². The summed E-state index contributed by atoms with van der Waals surface area (Å²) in [6.07, 6.45) is 5.05. The first-order valence-electron chi connectivity index (χ1n) is 14.4. The number of rotatable bonds is 5. The molecular formula is C30H41N11O. The number of carbonyl (C=O) groups excluding carboxylic acids is 1. The van der Waals surface area contributed by atoms with Gasteiger partial charge in [0.1, 0.15) is 23.0 Å². The van der Waals surface area contributed by atoms with Gasteiger partial charge in [0.25, 0.3) is 5.91 Å². The number of piperidine rings is 1. The predicted molar refractivity (Wildman–Crippen MR) is 169 cm³/mol. The molecule has 1 atom stereocenters. The number of amides is 1. The van der Waals surface area contributed by atoms with Crippen molar-refractivity contribution in [2.24, 2.45) is 26.4 Å². The molecule has 2 fully saturated rings. The van der Waals surface area contributed by atoms with Gasteiger partial charge in [-0.25, -0.2) is 4.99 Å². The highest BCUT2D eigenvalue weighted by Gasteiger charge is 2.32. The van der Waals surface area contributed by atoms with E-state index < -0.39 is 0 Å². The van der Waals surface area contributed by atoms with E-state index in [-0.39, 0.29) is 23.0 Å². The monoisotopic (exact) mass is 571 g/mol. The minimum Gasteiger partial charge on any atom is -0.383 e. The summed E-state index contributed by atoms with van der Waals surface area (Å²) in [5.74, 6) is 1.24. The van der Waals surface area contributed by atoms with Crippen molar-refractivity contribution in [2.45, 2.75) is 58.4 Å². The third kappa shape index (κ3) is 6.23. The summed E-state index contributed by atoms with van der Waals surface area (Å²) < 4.78 is 0. The Morgan fingerprint density at radius 3 is 2.71 bits per heavy atom. The van der Waals surface area contributed by atoms with Crippen LogP contribution in [0.1, 0.15) is 61.6 Å². The molecule has 0 bridgehead atoms. The SMILES string of the molecule is C=C/N=C1/C(N)=NC(N2CCN3CCCCC3C2)=N/C1=C(/N)Nc1cc(C(=O)Nc2cc(C(C)(C)C)n[nH]2)ccc1C. The fourth-order valence-corrected chi connectivity index (χ4v) is 5.41. The normalized spacial score (nSPS) is 21.8. The van der Waals surface area contributed by atoms with E-state index in [1.807, 2.05) is 19.1 Å². The van der Waals surface area contributed by atoms with Crippen LogP contribution in [0.25, 0.3) is 0 Å². The topological polar surface area (TPSA) is 165 Å². The average molecular weight is 572 g/mol. The van der Waals surface area contributed by atoms with Gasteiger partial charge < -0.3 is 27.0 Å². The summed E-state index contributed by atoms with van der Waals surface area (Å²) >= 11 is 0. The molecule has 0 radical (unpaired) electrons. The van der Waals surface area contributed by atoms with Gasteiger partial charge in [-0.3, -0.25) is 19.8 Å². The molecule has 0 aliphatic carbocycles. The standard InChI is InChI=1S/C30H41N11O/c1-6-33-24-25(36-29(37-26(24)31)41-14-13-40-12-8-7-9-20(40)17-41)27(32)34-21-15-19(11-10-18(21)2)28(42)35-23-16-22(38-39-23)30(3,4)5/h6,10-11,15-16,20,34H,1,7-9,12-14,17,32H2,2-5H3,(H2,31,36,37)(H2,35,38,39,42)/b27-25-,33-24+. The molecule has 12 heteroatoms. The van der Waals surface area contributed by atoms with E-state index in [1.165, 1.54) is 25.5 Å². The maximum atomic E-state index is 13.1. The molecule has 1 aromatic heterocycles. The van der Waals surface area contributed by atoms with Gasteiger partial charge in [-0.1, -0.05) is 39.8 Å². The van der Waals surface area contributed by atoms with Crippen LogP contribution in [0.2, 0.25) is 0 Å². The average Bonchev–Trinajstić information content (AvgIpc) is 3.44. The summed E-state index contributed by atoms with van der Waals surface area (Å²) in [7, 11) is 0. The molecule has 1 amide bonds. The largest absolute Gasteiger partial charge is 0.383 e. The van der Waals surface area contributed by atoms with Crippen LogP contribution in [0.3, 0.4) is 0 Å². The third-order valence-electron chi connectivity index (χ3n) is 7.86. The van der Waals surface area contributed by atoms with Crippen LogP contribution in [0, 0.1) is 6.92 Å². The van der Waals surface area contributed by atoms with Crippen LogP contribution in [0.5, 0.6) is 0 Å². The third-order valence-corrected chi connectivity index (χ3v) is 7.86. The Morgan fingerprint density at radius 2 is 1.98 bits per heavy atom. The molecule has 2 saturated heterocycles. The van der Waals surface area contributed by atoms with E-state index in [9.17, 15) is 4.79 Å². The number of nitrogens with two attached hydrogens (primary N) is 2. The van der Waals surface area contributed by atoms with Crippen LogP contribution in [-0.2, 0) is 5.41 Å². The number of hydrogen-bond donors (Lipinski definition) is 5. The van der Waals surface area contributed by atoms with Gasteiger partial charge in [-0.2, -0.15) is 10.1 Å². The molecule has 0 saturated carbocycles. The molecule has 3 aliphatic heterocycles. The maximum Gasteiger partial charge on any atom is 0.256 e. The number of amidine groups is 1. The molecule has 4 heterocycles. The zero-order valence-electron chi connectivity index (χ0n) is 24.9. The number of aliphatic imine (C=N–C) groups is 3. The van der Waals surface area contributed by atoms with Crippen molar-refractivity contribution in [1.29, 1.82) is 0 Å². The van der Waals surface area contributed by atoms with Crippen LogP contribution in [0.15, 0.2) is 63.5 Å². The van der Waals surface area contributed by atoms with E-state index in [0.29, 0.717) is 40.5 Å². The van der Waals surface area contributed by atoms with Gasteiger partial charge in [-0.15, -0.1) is 0 Å². The number of benzene rings is 1. The minimum atomic E-state index is -0.279. The van der Waals surface area contributed by atoms with E-state index in [0.717, 1.165) is 37.4 Å². The molecule has 1 aromatic carbocycles. The molecule has 42 heavy (non-hydrogen) atoms. The lowest BCUT2D eigenvalue weighted by molar-refractivity contribution is 0.0797. The number of aromatic nitrogens is 2. The van der Waals surface area contributed by atoms with Crippen molar-refractivity contribution in [2.75, 3.05) is 36.8 Å². The maximum absolute atomic E-state index is 13.1. The second-order valence-electron chi connectivity index (χ2n) is 12.0. The highest BCUT2D eigenvalue weighted by atomic mass is 16.1. The van der Waals surface area contributed by atoms with Gasteiger partial charge in [0.15, 0.2) is 5.84 Å². The number of aromatic amines is 1. The number of anilines is 2. The lowest BCUT2D eigenvalue weighted by Crippen LogP contribution is -2.56. The number of hydrogen-bond acceptors (Lipinski definition) is 10. The first-order chi connectivity index (χ1) is 20.0. The Balaban J connectivity index is 1.39. The predicted octanol–water partition coefficient (Wildman–Crippen LogP) is 3.29. The van der Waals surface area contributed by atoms with Gasteiger partial charge in [0.05, 0.1) is 5.69 Å². The summed E-state index contributed by atoms with van der Waals surface area (Å²) in [4.78, 5) is 31.6. The van der Waals surface area contributed by atoms with Crippen molar-refractivity contribution < 1.29 is 4.79 Å². The smallest absolute Gasteiger partial charge is 0.256 e. The minimum absolute atomic E-state index is 0.140. The summed E-state index contributed by atoms with van der Waals surface area (Å²) in [6, 6.07) is 7.69. The second-order valence-corrected chi connectivity index (χ2v) is 12.0. The van der Waals surface area contributed by atoms with Gasteiger partial charge >= 0.3 is 0 Å². The number of aryl methyl sites for hydroxylation is 1. The van der Waals surface area contributed by atoms with Crippen molar-refractivity contribution in [3.8, 4) is 0 Å². The second kappa shape index (κ2) is 11.8. The summed E-state index contributed by atoms with van der Waals surface area (Å²) in [6.45, 7) is 15.6. The van der Waals surface area contributed by atoms with Crippen molar-refractivity contribution >= 4 is 34.9 Å². The molecule has 0 spiro atoms. The number of H-pyrrole nitrogens is 1. The molecule has 222 valence electrons. The summed E-state index contributed by atoms with van der Waals surface area (Å²) in [5.41, 5.74) is 16.4. The van der Waals surface area contributed by atoms with Crippen molar-refractivity contribution in [3.63, 3.8) is 0 Å². The number of guanidine groups is 1. The Kier molecular flexibility index (Phi) is 8.17. The van der Waals surface area contributed by atoms with Crippen LogP contribution in [0.4, 0.5) is 11.5 Å². The van der Waals surface area contributed by atoms with E-state index in [1.54, 1.807) is 12.1 Å². The van der Waals surface area contributed by atoms with E-state index in [2.05, 4.69) is 68.0 Å². The number of nitrogens with zero attached hydrogens (tertiary/aromatic N) is 6. The molecule has 5 rings (SSSR count). The van der Waals surface area contributed by atoms with Crippen LogP contribution < -0.4 is 22.1 Å². The van der Waals surface area contributed by atoms with Gasteiger partial charge in [0.2, 0.25) is 5.96 Å². The molecule has 7 N–H and O–H groups in total. The number of nitrogens with one attached hydrogen (secondary N) is 3. The molecule has 1 unspecified atom stereocenters. The molecule has 3 aliphatic rings. The Labute approximate surface area is 246 Å². The zero-order valence-corrected chi connectivity index (χ0v) is 24.9. The first-order valence-corrected chi connectivity index (χ1v) is 14.4. The first kappa shape index (κ1) is 29.1. The zero-order chi connectivity index (χ0) is 30.0. The molecular weight excluding hydrogens is 530 g/mol. The highest BCUT2D eigenvalue weighted by Crippen LogP contribution is 2.25.